The number of likely N-dealkylation sites (tertiary alicyclic amines) is 1. The van der Waals surface area contributed by atoms with Crippen LogP contribution in [0.1, 0.15) is 56.9 Å². The molecule has 0 bridgehead atoms. The lowest BCUT2D eigenvalue weighted by atomic mass is 9.74. The van der Waals surface area contributed by atoms with Gasteiger partial charge in [0.25, 0.3) is 0 Å². The van der Waals surface area contributed by atoms with Crippen LogP contribution in [0.3, 0.4) is 0 Å². The van der Waals surface area contributed by atoms with Crippen LogP contribution < -0.4 is 0 Å². The maximum Gasteiger partial charge on any atom is 0.0460 e. The highest BCUT2D eigenvalue weighted by Crippen LogP contribution is 2.43. The van der Waals surface area contributed by atoms with Gasteiger partial charge >= 0.3 is 0 Å². The van der Waals surface area contributed by atoms with Crippen molar-refractivity contribution in [2.75, 3.05) is 13.1 Å². The molecule has 0 aromatic heterocycles. The van der Waals surface area contributed by atoms with Gasteiger partial charge in [-0.1, -0.05) is 53.7 Å². The Morgan fingerprint density at radius 2 is 1.37 bits per heavy atom. The smallest absolute Gasteiger partial charge is 0.0460 e. The Kier molecular flexibility index (Phi) is 4.28. The van der Waals surface area contributed by atoms with Crippen molar-refractivity contribution < 1.29 is 0 Å². The van der Waals surface area contributed by atoms with Gasteiger partial charge in [0.05, 0.1) is 0 Å². The van der Waals surface area contributed by atoms with Crippen molar-refractivity contribution in [1.29, 1.82) is 0 Å². The van der Waals surface area contributed by atoms with Crippen LogP contribution in [0.15, 0.2) is 28.7 Å². The van der Waals surface area contributed by atoms with Crippen molar-refractivity contribution in [1.82, 2.24) is 4.90 Å². The minimum atomic E-state index is 0.347. The Hall–Kier alpha value is -0.340. The Morgan fingerprint density at radius 1 is 0.789 bits per heavy atom. The molecule has 104 valence electrons. The molecule has 1 nitrogen and oxygen atoms in total. The van der Waals surface area contributed by atoms with Crippen LogP contribution in [-0.4, -0.2) is 18.0 Å². The third-order valence-corrected chi connectivity index (χ3v) is 5.55. The minimum absolute atomic E-state index is 0.347. The number of rotatable bonds is 2. The SMILES string of the molecule is Brc1ccc(C2(N3CCCCC3)CCCCC2)cc1. The molecule has 1 aliphatic heterocycles. The van der Waals surface area contributed by atoms with E-state index in [2.05, 4.69) is 45.1 Å². The zero-order valence-electron chi connectivity index (χ0n) is 11.7. The first-order chi connectivity index (χ1) is 9.31. The van der Waals surface area contributed by atoms with Gasteiger partial charge in [0.2, 0.25) is 0 Å². The van der Waals surface area contributed by atoms with Crippen LogP contribution in [0, 0.1) is 0 Å². The lowest BCUT2D eigenvalue weighted by Crippen LogP contribution is -2.49. The fraction of sp³-hybridized carbons (Fsp3) is 0.647. The van der Waals surface area contributed by atoms with E-state index in [-0.39, 0.29) is 0 Å². The average Bonchev–Trinajstić information content (AvgIpc) is 2.49. The molecule has 1 saturated heterocycles. The molecule has 1 saturated carbocycles. The van der Waals surface area contributed by atoms with E-state index in [4.69, 9.17) is 0 Å². The lowest BCUT2D eigenvalue weighted by molar-refractivity contribution is 0.0303. The van der Waals surface area contributed by atoms with E-state index in [0.29, 0.717) is 5.54 Å². The molecule has 0 amide bonds. The monoisotopic (exact) mass is 321 g/mol. The predicted octanol–water partition coefficient (Wildman–Crippen LogP) is 5.09. The standard InChI is InChI=1S/C17H24BrN/c18-16-9-7-15(8-10-16)17(11-3-1-4-12-17)19-13-5-2-6-14-19/h7-10H,1-6,11-14H2. The van der Waals surface area contributed by atoms with Crippen LogP contribution >= 0.6 is 15.9 Å². The molecule has 1 aliphatic carbocycles. The summed E-state index contributed by atoms with van der Waals surface area (Å²) in [5.41, 5.74) is 1.90. The number of halogens is 1. The van der Waals surface area contributed by atoms with Gasteiger partial charge in [0.1, 0.15) is 0 Å². The van der Waals surface area contributed by atoms with Gasteiger partial charge in [-0.2, -0.15) is 0 Å². The van der Waals surface area contributed by atoms with Crippen LogP contribution in [0.25, 0.3) is 0 Å². The molecule has 0 atom stereocenters. The summed E-state index contributed by atoms with van der Waals surface area (Å²) in [6, 6.07) is 9.14. The van der Waals surface area contributed by atoms with E-state index < -0.39 is 0 Å². The number of hydrogen-bond donors (Lipinski definition) is 0. The lowest BCUT2D eigenvalue weighted by Gasteiger charge is -2.48. The first-order valence-electron chi connectivity index (χ1n) is 7.82. The molecular formula is C17H24BrN. The zero-order valence-corrected chi connectivity index (χ0v) is 13.3. The maximum absolute atomic E-state index is 3.57. The van der Waals surface area contributed by atoms with E-state index in [1.165, 1.54) is 68.9 Å². The first kappa shape index (κ1) is 13.6. The molecule has 19 heavy (non-hydrogen) atoms. The second-order valence-corrected chi connectivity index (χ2v) is 7.06. The Morgan fingerprint density at radius 3 is 2.00 bits per heavy atom. The van der Waals surface area contributed by atoms with Crippen LogP contribution in [0.5, 0.6) is 0 Å². The molecule has 0 radical (unpaired) electrons. The average molecular weight is 322 g/mol. The van der Waals surface area contributed by atoms with Crippen LogP contribution in [-0.2, 0) is 5.54 Å². The fourth-order valence-electron chi connectivity index (χ4n) is 4.01. The third kappa shape index (κ3) is 2.75. The maximum atomic E-state index is 3.57. The summed E-state index contributed by atoms with van der Waals surface area (Å²) in [6.45, 7) is 2.60. The molecule has 1 aromatic rings. The molecule has 1 heterocycles. The van der Waals surface area contributed by atoms with Gasteiger partial charge in [-0.25, -0.2) is 0 Å². The molecule has 2 fully saturated rings. The zero-order chi connectivity index (χ0) is 13.1. The van der Waals surface area contributed by atoms with Gasteiger partial charge in [0, 0.05) is 10.0 Å². The second kappa shape index (κ2) is 5.97. The van der Waals surface area contributed by atoms with E-state index in [0.717, 1.165) is 0 Å². The first-order valence-corrected chi connectivity index (χ1v) is 8.62. The summed E-state index contributed by atoms with van der Waals surface area (Å²) >= 11 is 3.57. The molecule has 2 aliphatic rings. The fourth-order valence-corrected chi connectivity index (χ4v) is 4.27. The summed E-state index contributed by atoms with van der Waals surface area (Å²) < 4.78 is 1.20. The number of hydrogen-bond acceptors (Lipinski definition) is 1. The highest BCUT2D eigenvalue weighted by Gasteiger charge is 2.39. The molecule has 0 unspecified atom stereocenters. The molecule has 1 aromatic carbocycles. The Balaban J connectivity index is 1.93. The molecule has 2 heteroatoms. The van der Waals surface area contributed by atoms with E-state index in [1.54, 1.807) is 5.56 Å². The number of nitrogens with zero attached hydrogens (tertiary/aromatic N) is 1. The van der Waals surface area contributed by atoms with Crippen LogP contribution in [0.4, 0.5) is 0 Å². The Bertz CT molecular complexity index is 400. The Labute approximate surface area is 125 Å². The van der Waals surface area contributed by atoms with Crippen molar-refractivity contribution in [2.45, 2.75) is 56.9 Å². The third-order valence-electron chi connectivity index (χ3n) is 5.02. The molecule has 0 spiro atoms. The summed E-state index contributed by atoms with van der Waals surface area (Å²) in [5, 5.41) is 0. The highest BCUT2D eigenvalue weighted by atomic mass is 79.9. The van der Waals surface area contributed by atoms with Crippen molar-refractivity contribution >= 4 is 15.9 Å². The van der Waals surface area contributed by atoms with Crippen molar-refractivity contribution in [3.63, 3.8) is 0 Å². The summed E-state index contributed by atoms with van der Waals surface area (Å²) in [4.78, 5) is 2.80. The van der Waals surface area contributed by atoms with Crippen molar-refractivity contribution in [3.8, 4) is 0 Å². The number of piperidine rings is 1. The minimum Gasteiger partial charge on any atom is -0.294 e. The quantitative estimate of drug-likeness (QED) is 0.733. The van der Waals surface area contributed by atoms with Gasteiger partial charge < -0.3 is 0 Å². The number of benzene rings is 1. The van der Waals surface area contributed by atoms with Gasteiger partial charge in [0.15, 0.2) is 0 Å². The van der Waals surface area contributed by atoms with E-state index in [9.17, 15) is 0 Å². The highest BCUT2D eigenvalue weighted by molar-refractivity contribution is 9.10. The summed E-state index contributed by atoms with van der Waals surface area (Å²) in [6.07, 6.45) is 11.1. The van der Waals surface area contributed by atoms with Crippen LogP contribution in [0.2, 0.25) is 0 Å². The largest absolute Gasteiger partial charge is 0.294 e. The molecule has 0 N–H and O–H groups in total. The second-order valence-electron chi connectivity index (χ2n) is 6.15. The van der Waals surface area contributed by atoms with Crippen molar-refractivity contribution in [2.24, 2.45) is 0 Å². The molecule has 3 rings (SSSR count). The van der Waals surface area contributed by atoms with Gasteiger partial charge in [-0.3, -0.25) is 4.90 Å². The van der Waals surface area contributed by atoms with Gasteiger partial charge in [-0.15, -0.1) is 0 Å². The summed E-state index contributed by atoms with van der Waals surface area (Å²) in [5.74, 6) is 0. The van der Waals surface area contributed by atoms with Crippen molar-refractivity contribution in [3.05, 3.63) is 34.3 Å². The summed E-state index contributed by atoms with van der Waals surface area (Å²) in [7, 11) is 0. The van der Waals surface area contributed by atoms with E-state index >= 15 is 0 Å². The predicted molar refractivity (Wildman–Crippen MR) is 84.3 cm³/mol. The normalized spacial score (nSPS) is 24.3. The topological polar surface area (TPSA) is 3.24 Å². The van der Waals surface area contributed by atoms with E-state index in [1.807, 2.05) is 0 Å². The molecular weight excluding hydrogens is 298 g/mol. The van der Waals surface area contributed by atoms with Gasteiger partial charge in [-0.05, 0) is 56.5 Å².